The van der Waals surface area contributed by atoms with Crippen LogP contribution in [0.3, 0.4) is 0 Å². The lowest BCUT2D eigenvalue weighted by Gasteiger charge is -2.19. The molecule has 8 nitrogen and oxygen atoms in total. The van der Waals surface area contributed by atoms with Crippen molar-refractivity contribution in [3.63, 3.8) is 0 Å². The van der Waals surface area contributed by atoms with Gasteiger partial charge >= 0.3 is 0 Å². The van der Waals surface area contributed by atoms with Crippen LogP contribution < -0.4 is 15.4 Å². The van der Waals surface area contributed by atoms with Crippen molar-refractivity contribution in [2.75, 3.05) is 38.6 Å². The number of methoxy groups -OCH3 is 1. The molecule has 0 aliphatic heterocycles. The van der Waals surface area contributed by atoms with Gasteiger partial charge in [-0.25, -0.2) is 4.98 Å². The maximum atomic E-state index is 12.5. The first-order valence-electron chi connectivity index (χ1n) is 10.4. The topological polar surface area (TPSA) is 88.5 Å². The van der Waals surface area contributed by atoms with Crippen molar-refractivity contribution in [2.24, 2.45) is 0 Å². The molecule has 0 spiro atoms. The third-order valence-electron chi connectivity index (χ3n) is 5.18. The molecular weight excluding hydrogens is 394 g/mol. The molecule has 8 heteroatoms. The van der Waals surface area contributed by atoms with Gasteiger partial charge in [0, 0.05) is 18.7 Å². The van der Waals surface area contributed by atoms with E-state index in [1.807, 2.05) is 28.8 Å². The molecule has 0 saturated heterocycles. The van der Waals surface area contributed by atoms with Gasteiger partial charge in [-0.15, -0.1) is 0 Å². The highest BCUT2D eigenvalue weighted by Gasteiger charge is 2.15. The number of para-hydroxylation sites is 2. The van der Waals surface area contributed by atoms with Crippen LogP contribution in [0.25, 0.3) is 11.0 Å². The molecule has 31 heavy (non-hydrogen) atoms. The number of carbonyl (C=O) groups is 2. The van der Waals surface area contributed by atoms with Gasteiger partial charge in [0.15, 0.2) is 0 Å². The second-order valence-electron chi connectivity index (χ2n) is 7.07. The summed E-state index contributed by atoms with van der Waals surface area (Å²) in [5.41, 5.74) is 2.21. The Morgan fingerprint density at radius 3 is 2.61 bits per heavy atom. The Kier molecular flexibility index (Phi) is 7.61. The maximum Gasteiger partial charge on any atom is 0.251 e. The molecular formula is C23H29N5O3. The summed E-state index contributed by atoms with van der Waals surface area (Å²) in [7, 11) is 1.54. The number of imidazole rings is 1. The molecule has 0 aliphatic carbocycles. The molecule has 0 radical (unpaired) electrons. The van der Waals surface area contributed by atoms with Gasteiger partial charge in [0.05, 0.1) is 24.7 Å². The molecule has 0 atom stereocenters. The van der Waals surface area contributed by atoms with Gasteiger partial charge in [-0.3, -0.25) is 14.9 Å². The maximum absolute atomic E-state index is 12.5. The fourth-order valence-corrected chi connectivity index (χ4v) is 3.37. The Balaban J connectivity index is 1.68. The molecule has 3 rings (SSSR count). The minimum Gasteiger partial charge on any atom is -0.497 e. The number of hydrogen-bond donors (Lipinski definition) is 2. The predicted molar refractivity (Wildman–Crippen MR) is 121 cm³/mol. The average Bonchev–Trinajstić information content (AvgIpc) is 3.15. The molecule has 0 unspecified atom stereocenters. The average molecular weight is 424 g/mol. The zero-order valence-electron chi connectivity index (χ0n) is 18.2. The zero-order chi connectivity index (χ0) is 22.2. The Morgan fingerprint density at radius 2 is 1.87 bits per heavy atom. The number of fused-ring (bicyclic) bond motifs is 1. The number of nitrogens with zero attached hydrogens (tertiary/aromatic N) is 3. The van der Waals surface area contributed by atoms with E-state index in [0.717, 1.165) is 30.7 Å². The third kappa shape index (κ3) is 5.61. The number of rotatable bonds is 10. The summed E-state index contributed by atoms with van der Waals surface area (Å²) >= 11 is 0. The van der Waals surface area contributed by atoms with Crippen LogP contribution in [0, 0.1) is 0 Å². The van der Waals surface area contributed by atoms with Gasteiger partial charge in [-0.05, 0) is 43.4 Å². The molecule has 2 N–H and O–H groups in total. The Labute approximate surface area is 182 Å². The third-order valence-corrected chi connectivity index (χ3v) is 5.18. The van der Waals surface area contributed by atoms with Crippen LogP contribution in [0.15, 0.2) is 48.5 Å². The SMILES string of the molecule is CCN(CC)CCn1c(NC(=O)CNC(=O)c2cccc(OC)c2)nc2ccccc21. The number of hydrogen-bond acceptors (Lipinski definition) is 5. The molecule has 0 aliphatic rings. The number of carbonyl (C=O) groups excluding carboxylic acids is 2. The molecule has 0 fully saturated rings. The number of aromatic nitrogens is 2. The molecule has 3 aromatic rings. The summed E-state index contributed by atoms with van der Waals surface area (Å²) in [6, 6.07) is 14.6. The van der Waals surface area contributed by atoms with E-state index in [2.05, 4.69) is 34.4 Å². The highest BCUT2D eigenvalue weighted by atomic mass is 16.5. The standard InChI is InChI=1S/C23H29N5O3/c1-4-27(5-2)13-14-28-20-12-7-6-11-19(20)25-23(28)26-21(29)16-24-22(30)17-9-8-10-18(15-17)31-3/h6-12,15H,4-5,13-14,16H2,1-3H3,(H,24,30)(H,25,26,29). The summed E-state index contributed by atoms with van der Waals surface area (Å²) in [6.45, 7) is 7.57. The van der Waals surface area contributed by atoms with Gasteiger partial charge in [0.1, 0.15) is 5.75 Å². The summed E-state index contributed by atoms with van der Waals surface area (Å²) in [5, 5.41) is 5.48. The van der Waals surface area contributed by atoms with Crippen molar-refractivity contribution in [1.82, 2.24) is 19.8 Å². The monoisotopic (exact) mass is 423 g/mol. The van der Waals surface area contributed by atoms with Gasteiger partial charge in [0.2, 0.25) is 11.9 Å². The molecule has 164 valence electrons. The molecule has 2 aromatic carbocycles. The second kappa shape index (κ2) is 10.6. The second-order valence-corrected chi connectivity index (χ2v) is 7.07. The Morgan fingerprint density at radius 1 is 1.10 bits per heavy atom. The molecule has 1 heterocycles. The largest absolute Gasteiger partial charge is 0.497 e. The lowest BCUT2D eigenvalue weighted by atomic mass is 10.2. The van der Waals surface area contributed by atoms with E-state index in [9.17, 15) is 9.59 Å². The van der Waals surface area contributed by atoms with Crippen LogP contribution >= 0.6 is 0 Å². The van der Waals surface area contributed by atoms with E-state index in [0.29, 0.717) is 23.8 Å². The molecule has 0 bridgehead atoms. The summed E-state index contributed by atoms with van der Waals surface area (Å²) in [6.07, 6.45) is 0. The van der Waals surface area contributed by atoms with E-state index < -0.39 is 0 Å². The fraction of sp³-hybridized carbons (Fsp3) is 0.348. The number of amides is 2. The molecule has 1 aromatic heterocycles. The van der Waals surface area contributed by atoms with E-state index in [1.165, 1.54) is 7.11 Å². The van der Waals surface area contributed by atoms with Gasteiger partial charge < -0.3 is 19.5 Å². The quantitative estimate of drug-likeness (QED) is 0.524. The lowest BCUT2D eigenvalue weighted by molar-refractivity contribution is -0.115. The number of anilines is 1. The first-order chi connectivity index (χ1) is 15.0. The van der Waals surface area contributed by atoms with E-state index in [1.54, 1.807) is 24.3 Å². The Hall–Kier alpha value is -3.39. The predicted octanol–water partition coefficient (Wildman–Crippen LogP) is 2.76. The van der Waals surface area contributed by atoms with Gasteiger partial charge in [0.25, 0.3) is 5.91 Å². The van der Waals surface area contributed by atoms with Crippen molar-refractivity contribution in [1.29, 1.82) is 0 Å². The number of likely N-dealkylation sites (N-methyl/N-ethyl adjacent to an activating group) is 1. The van der Waals surface area contributed by atoms with Crippen LogP contribution in [0.2, 0.25) is 0 Å². The minimum absolute atomic E-state index is 0.157. The zero-order valence-corrected chi connectivity index (χ0v) is 18.2. The summed E-state index contributed by atoms with van der Waals surface area (Å²) in [4.78, 5) is 31.8. The van der Waals surface area contributed by atoms with Crippen molar-refractivity contribution < 1.29 is 14.3 Å². The minimum atomic E-state index is -0.343. The number of nitrogens with one attached hydrogen (secondary N) is 2. The first-order valence-corrected chi connectivity index (χ1v) is 10.4. The van der Waals surface area contributed by atoms with Crippen molar-refractivity contribution in [3.8, 4) is 5.75 Å². The summed E-state index contributed by atoms with van der Waals surface area (Å²) in [5.74, 6) is 0.382. The van der Waals surface area contributed by atoms with Crippen molar-refractivity contribution in [3.05, 3.63) is 54.1 Å². The van der Waals surface area contributed by atoms with Gasteiger partial charge in [-0.2, -0.15) is 0 Å². The van der Waals surface area contributed by atoms with Crippen molar-refractivity contribution in [2.45, 2.75) is 20.4 Å². The van der Waals surface area contributed by atoms with E-state index in [-0.39, 0.29) is 18.4 Å². The molecule has 0 saturated carbocycles. The first kappa shape index (κ1) is 22.3. The highest BCUT2D eigenvalue weighted by molar-refractivity contribution is 5.99. The highest BCUT2D eigenvalue weighted by Crippen LogP contribution is 2.19. The number of ether oxygens (including phenoxy) is 1. The molecule has 2 amide bonds. The van der Waals surface area contributed by atoms with E-state index >= 15 is 0 Å². The van der Waals surface area contributed by atoms with Crippen LogP contribution in [-0.4, -0.2) is 59.6 Å². The van der Waals surface area contributed by atoms with E-state index in [4.69, 9.17) is 4.74 Å². The van der Waals surface area contributed by atoms with Crippen LogP contribution in [-0.2, 0) is 11.3 Å². The fourth-order valence-electron chi connectivity index (χ4n) is 3.37. The van der Waals surface area contributed by atoms with Crippen LogP contribution in [0.5, 0.6) is 5.75 Å². The lowest BCUT2D eigenvalue weighted by Crippen LogP contribution is -2.34. The Bertz CT molecular complexity index is 1040. The normalized spacial score (nSPS) is 11.0. The van der Waals surface area contributed by atoms with Gasteiger partial charge in [-0.1, -0.05) is 32.0 Å². The van der Waals surface area contributed by atoms with Crippen LogP contribution in [0.1, 0.15) is 24.2 Å². The smallest absolute Gasteiger partial charge is 0.251 e. The van der Waals surface area contributed by atoms with Crippen LogP contribution in [0.4, 0.5) is 5.95 Å². The van der Waals surface area contributed by atoms with Crippen molar-refractivity contribution >= 4 is 28.8 Å². The number of benzene rings is 2. The summed E-state index contributed by atoms with van der Waals surface area (Å²) < 4.78 is 7.14.